The van der Waals surface area contributed by atoms with Crippen LogP contribution in [0, 0.1) is 0 Å². The number of esters is 1. The van der Waals surface area contributed by atoms with Gasteiger partial charge in [-0.1, -0.05) is 0 Å². The van der Waals surface area contributed by atoms with Crippen LogP contribution in [-0.4, -0.2) is 46.8 Å². The van der Waals surface area contributed by atoms with Gasteiger partial charge in [0.15, 0.2) is 0 Å². The number of carboxylic acid groups (broad SMARTS) is 1. The van der Waals surface area contributed by atoms with Crippen LogP contribution in [0.4, 0.5) is 0 Å². The maximum absolute atomic E-state index is 12.1. The Balaban J connectivity index is 0.00000288. The van der Waals surface area contributed by atoms with Gasteiger partial charge in [-0.2, -0.15) is 0 Å². The van der Waals surface area contributed by atoms with Gasteiger partial charge < -0.3 is 14.6 Å². The third-order valence-electron chi connectivity index (χ3n) is 2.97. The average molecular weight is 417 g/mol. The quantitative estimate of drug-likeness (QED) is 0.567. The van der Waals surface area contributed by atoms with Crippen LogP contribution >= 0.6 is 0 Å². The summed E-state index contributed by atoms with van der Waals surface area (Å²) in [6, 6.07) is 5.81. The van der Waals surface area contributed by atoms with Crippen molar-refractivity contribution in [3.63, 3.8) is 0 Å². The molecule has 0 amide bonds. The number of nitrogens with zero attached hydrogens (tertiary/aromatic N) is 2. The van der Waals surface area contributed by atoms with E-state index < -0.39 is 11.9 Å². The molecule has 0 aliphatic rings. The van der Waals surface area contributed by atoms with E-state index in [4.69, 9.17) is 14.6 Å². The Bertz CT molecular complexity index is 723. The minimum atomic E-state index is -1.06. The van der Waals surface area contributed by atoms with E-state index in [0.717, 1.165) is 0 Å². The molecule has 2 aromatic rings. The van der Waals surface area contributed by atoms with Gasteiger partial charge in [-0.25, -0.2) is 9.59 Å². The van der Waals surface area contributed by atoms with E-state index in [0.29, 0.717) is 23.6 Å². The van der Waals surface area contributed by atoms with E-state index in [1.807, 2.05) is 0 Å². The fraction of sp³-hybridized carbons (Fsp3) is 0.250. The number of pyridine rings is 2. The summed E-state index contributed by atoms with van der Waals surface area (Å²) in [6.45, 7) is 2.02. The molecule has 128 valence electrons. The fourth-order valence-corrected chi connectivity index (χ4v) is 1.92. The summed E-state index contributed by atoms with van der Waals surface area (Å²) >= 11 is 0. The second-order valence-corrected chi connectivity index (χ2v) is 4.84. The number of carbonyl (C=O) groups is 2. The molecule has 24 heavy (non-hydrogen) atoms. The Morgan fingerprint density at radius 1 is 1.12 bits per heavy atom. The Morgan fingerprint density at radius 3 is 2.21 bits per heavy atom. The summed E-state index contributed by atoms with van der Waals surface area (Å²) in [5.41, 5.74) is 1.16. The average Bonchev–Trinajstić information content (AvgIpc) is 2.55. The Labute approximate surface area is 151 Å². The molecule has 7 nitrogen and oxygen atoms in total. The summed E-state index contributed by atoms with van der Waals surface area (Å²) in [4.78, 5) is 31.3. The van der Waals surface area contributed by atoms with Gasteiger partial charge in [0.2, 0.25) is 0 Å². The van der Waals surface area contributed by atoms with Crippen LogP contribution in [0.15, 0.2) is 36.7 Å². The third-order valence-corrected chi connectivity index (χ3v) is 2.97. The fourth-order valence-electron chi connectivity index (χ4n) is 1.92. The van der Waals surface area contributed by atoms with Gasteiger partial charge in [0.25, 0.3) is 0 Å². The number of hydrogen-bond acceptors (Lipinski definition) is 6. The molecule has 2 heterocycles. The van der Waals surface area contributed by atoms with Crippen molar-refractivity contribution in [1.82, 2.24) is 9.97 Å². The van der Waals surface area contributed by atoms with Gasteiger partial charge in [0.1, 0.15) is 6.10 Å². The summed E-state index contributed by atoms with van der Waals surface area (Å²) in [5, 5.41) is 9.01. The Kier molecular flexibility index (Phi) is 7.62. The first kappa shape index (κ1) is 19.9. The van der Waals surface area contributed by atoms with Crippen molar-refractivity contribution in [2.75, 3.05) is 13.7 Å². The molecule has 0 bridgehead atoms. The van der Waals surface area contributed by atoms with Gasteiger partial charge >= 0.3 is 11.9 Å². The van der Waals surface area contributed by atoms with Crippen molar-refractivity contribution in [3.05, 3.63) is 47.8 Å². The zero-order valence-electron chi connectivity index (χ0n) is 13.1. The van der Waals surface area contributed by atoms with Crippen molar-refractivity contribution < 1.29 is 43.6 Å². The number of aromatic carboxylic acids is 1. The number of rotatable bonds is 6. The smallest absolute Gasteiger partial charge is 0.338 e. The van der Waals surface area contributed by atoms with Gasteiger partial charge in [-0.15, -0.1) is 0 Å². The molecule has 0 saturated heterocycles. The molecule has 0 fully saturated rings. The normalized spacial score (nSPS) is 11.2. The SMILES string of the molecule is COCC(C)OC(=O)c1ccnc(-c2cc(C(=O)O)ccn2)c1.[Ru]. The first-order chi connectivity index (χ1) is 11.0. The molecule has 0 spiro atoms. The molecule has 0 aromatic carbocycles. The topological polar surface area (TPSA) is 98.6 Å². The zero-order chi connectivity index (χ0) is 16.8. The van der Waals surface area contributed by atoms with Gasteiger partial charge in [-0.05, 0) is 31.2 Å². The minimum absolute atomic E-state index is 0. The number of carbonyl (C=O) groups excluding carboxylic acids is 1. The van der Waals surface area contributed by atoms with Crippen LogP contribution in [0.3, 0.4) is 0 Å². The van der Waals surface area contributed by atoms with E-state index in [1.165, 1.54) is 43.8 Å². The number of ether oxygens (including phenoxy) is 2. The van der Waals surface area contributed by atoms with Crippen LogP contribution in [-0.2, 0) is 29.0 Å². The van der Waals surface area contributed by atoms with Crippen molar-refractivity contribution >= 4 is 11.9 Å². The molecule has 1 atom stereocenters. The first-order valence-corrected chi connectivity index (χ1v) is 6.87. The predicted octanol–water partition coefficient (Wildman–Crippen LogP) is 2.03. The number of carboxylic acids is 1. The maximum Gasteiger partial charge on any atom is 0.338 e. The molecule has 0 saturated carbocycles. The molecule has 0 aliphatic carbocycles. The van der Waals surface area contributed by atoms with Crippen LogP contribution in [0.2, 0.25) is 0 Å². The standard InChI is InChI=1S/C16H16N2O5.Ru/c1-10(9-22-2)23-16(21)12-4-6-18-14(8-12)13-7-11(15(19)20)3-5-17-13;/h3-8,10H,9H2,1-2H3,(H,19,20);. The maximum atomic E-state index is 12.1. The number of hydrogen-bond donors (Lipinski definition) is 1. The molecular formula is C16H16N2O5Ru. The summed E-state index contributed by atoms with van der Waals surface area (Å²) in [6.07, 6.45) is 2.45. The number of aromatic nitrogens is 2. The molecule has 0 radical (unpaired) electrons. The van der Waals surface area contributed by atoms with Crippen LogP contribution < -0.4 is 0 Å². The molecule has 1 N–H and O–H groups in total. The molecular weight excluding hydrogens is 401 g/mol. The van der Waals surface area contributed by atoms with Gasteiger partial charge in [0.05, 0.1) is 29.1 Å². The van der Waals surface area contributed by atoms with E-state index in [-0.39, 0.29) is 31.1 Å². The Hall–Kier alpha value is -2.18. The molecule has 1 unspecified atom stereocenters. The van der Waals surface area contributed by atoms with E-state index in [9.17, 15) is 9.59 Å². The minimum Gasteiger partial charge on any atom is -0.478 e. The Morgan fingerprint density at radius 2 is 1.67 bits per heavy atom. The van der Waals surface area contributed by atoms with E-state index in [1.54, 1.807) is 6.92 Å². The zero-order valence-corrected chi connectivity index (χ0v) is 14.8. The van der Waals surface area contributed by atoms with E-state index in [2.05, 4.69) is 9.97 Å². The second kappa shape index (κ2) is 9.20. The summed E-state index contributed by atoms with van der Waals surface area (Å²) in [7, 11) is 1.52. The van der Waals surface area contributed by atoms with Crippen molar-refractivity contribution in [1.29, 1.82) is 0 Å². The third kappa shape index (κ3) is 5.18. The second-order valence-electron chi connectivity index (χ2n) is 4.84. The van der Waals surface area contributed by atoms with E-state index >= 15 is 0 Å². The van der Waals surface area contributed by atoms with Crippen molar-refractivity contribution in [3.8, 4) is 11.4 Å². The molecule has 2 rings (SSSR count). The van der Waals surface area contributed by atoms with Crippen molar-refractivity contribution in [2.45, 2.75) is 13.0 Å². The monoisotopic (exact) mass is 418 g/mol. The largest absolute Gasteiger partial charge is 0.478 e. The number of methoxy groups -OCH3 is 1. The van der Waals surface area contributed by atoms with Crippen molar-refractivity contribution in [2.24, 2.45) is 0 Å². The van der Waals surface area contributed by atoms with Crippen LogP contribution in [0.5, 0.6) is 0 Å². The first-order valence-electron chi connectivity index (χ1n) is 6.87. The molecule has 8 heteroatoms. The summed E-state index contributed by atoms with van der Waals surface area (Å²) < 4.78 is 10.1. The van der Waals surface area contributed by atoms with Gasteiger partial charge in [-0.3, -0.25) is 9.97 Å². The van der Waals surface area contributed by atoms with Crippen LogP contribution in [0.1, 0.15) is 27.6 Å². The van der Waals surface area contributed by atoms with Crippen LogP contribution in [0.25, 0.3) is 11.4 Å². The summed E-state index contributed by atoms with van der Waals surface area (Å²) in [5.74, 6) is -1.56. The molecule has 2 aromatic heterocycles. The predicted molar refractivity (Wildman–Crippen MR) is 81.2 cm³/mol. The van der Waals surface area contributed by atoms with Gasteiger partial charge in [0, 0.05) is 39.0 Å². The molecule has 0 aliphatic heterocycles.